The lowest BCUT2D eigenvalue weighted by atomic mass is 10.0. The first-order valence-corrected chi connectivity index (χ1v) is 4.97. The van der Waals surface area contributed by atoms with Crippen molar-refractivity contribution in [3.8, 4) is 0 Å². The predicted octanol–water partition coefficient (Wildman–Crippen LogP) is 2.44. The van der Waals surface area contributed by atoms with Crippen molar-refractivity contribution >= 4 is 11.7 Å². The van der Waals surface area contributed by atoms with Crippen LogP contribution in [0.1, 0.15) is 36.0 Å². The van der Waals surface area contributed by atoms with E-state index in [1.807, 2.05) is 0 Å². The first-order chi connectivity index (χ1) is 8.32. The monoisotopic (exact) mass is 265 g/mol. The molecule has 0 saturated heterocycles. The molecule has 0 spiro atoms. The van der Waals surface area contributed by atoms with Gasteiger partial charge >= 0.3 is 0 Å². The summed E-state index contributed by atoms with van der Waals surface area (Å²) in [5.74, 6) is -10.3. The van der Waals surface area contributed by atoms with Gasteiger partial charge in [-0.2, -0.15) is 0 Å². The van der Waals surface area contributed by atoms with Crippen LogP contribution in [0.5, 0.6) is 0 Å². The molecule has 0 unspecified atom stereocenters. The maximum absolute atomic E-state index is 13.4. The molecule has 0 bridgehead atoms. The minimum atomic E-state index is -2.13. The van der Waals surface area contributed by atoms with E-state index in [1.165, 1.54) is 6.92 Å². The summed E-state index contributed by atoms with van der Waals surface area (Å²) in [6, 6.07) is 0. The van der Waals surface area contributed by atoms with Gasteiger partial charge in [0.15, 0.2) is 29.1 Å². The molecule has 0 atom stereocenters. The number of Topliss-reactive ketones (excluding diaryl/α,β-unsaturated/α-hetero) is 1. The van der Waals surface area contributed by atoms with Gasteiger partial charge in [0, 0.05) is 7.97 Å². The second-order valence-corrected chi connectivity index (χ2v) is 3.42. The lowest BCUT2D eigenvalue weighted by Gasteiger charge is -2.10. The SMILES string of the molecule is CCNC(=O)c1c(F)c(F)c(F)c(F)c1C(C)=O.[HH]. The van der Waals surface area contributed by atoms with Crippen LogP contribution in [0.3, 0.4) is 0 Å². The average molecular weight is 265 g/mol. The highest BCUT2D eigenvalue weighted by atomic mass is 19.2. The van der Waals surface area contributed by atoms with Crippen LogP contribution in [-0.2, 0) is 0 Å². The molecule has 0 fully saturated rings. The number of benzene rings is 1. The van der Waals surface area contributed by atoms with Crippen LogP contribution < -0.4 is 5.32 Å². The number of halogens is 4. The number of ketones is 1. The highest BCUT2D eigenvalue weighted by Gasteiger charge is 2.30. The Kier molecular flexibility index (Phi) is 4.05. The summed E-state index contributed by atoms with van der Waals surface area (Å²) >= 11 is 0. The predicted molar refractivity (Wildman–Crippen MR) is 56.4 cm³/mol. The van der Waals surface area contributed by atoms with E-state index >= 15 is 0 Å². The van der Waals surface area contributed by atoms with Crippen LogP contribution >= 0.6 is 0 Å². The van der Waals surface area contributed by atoms with Crippen molar-refractivity contribution in [1.82, 2.24) is 5.32 Å². The molecule has 100 valence electrons. The van der Waals surface area contributed by atoms with Crippen molar-refractivity contribution in [2.75, 3.05) is 6.54 Å². The molecule has 0 aliphatic carbocycles. The van der Waals surface area contributed by atoms with Crippen molar-refractivity contribution in [2.24, 2.45) is 0 Å². The van der Waals surface area contributed by atoms with Crippen LogP contribution in [0.15, 0.2) is 0 Å². The second kappa shape index (κ2) is 5.16. The zero-order valence-corrected chi connectivity index (χ0v) is 9.54. The fourth-order valence-corrected chi connectivity index (χ4v) is 1.42. The molecule has 0 heterocycles. The van der Waals surface area contributed by atoms with Crippen LogP contribution in [0.25, 0.3) is 0 Å². The van der Waals surface area contributed by atoms with Gasteiger partial charge in [0.05, 0.1) is 11.1 Å². The quantitative estimate of drug-likeness (QED) is 0.395. The number of rotatable bonds is 3. The molecule has 1 aromatic rings. The summed E-state index contributed by atoms with van der Waals surface area (Å²) in [5.41, 5.74) is -2.22. The van der Waals surface area contributed by atoms with Crippen molar-refractivity contribution in [3.05, 3.63) is 34.4 Å². The van der Waals surface area contributed by atoms with Crippen LogP contribution in [0, 0.1) is 23.3 Å². The van der Waals surface area contributed by atoms with Gasteiger partial charge in [-0.25, -0.2) is 17.6 Å². The fourth-order valence-electron chi connectivity index (χ4n) is 1.42. The molecule has 0 saturated carbocycles. The molecule has 0 radical (unpaired) electrons. The highest BCUT2D eigenvalue weighted by Crippen LogP contribution is 2.24. The normalized spacial score (nSPS) is 10.3. The van der Waals surface area contributed by atoms with E-state index in [4.69, 9.17) is 0 Å². The van der Waals surface area contributed by atoms with Crippen LogP contribution in [0.4, 0.5) is 17.6 Å². The average Bonchev–Trinajstić information content (AvgIpc) is 2.30. The smallest absolute Gasteiger partial charge is 0.255 e. The third-order valence-corrected chi connectivity index (χ3v) is 2.18. The summed E-state index contributed by atoms with van der Waals surface area (Å²) in [6.07, 6.45) is 0. The molecular weight excluding hydrogens is 254 g/mol. The van der Waals surface area contributed by atoms with Gasteiger partial charge in [-0.15, -0.1) is 0 Å². The zero-order chi connectivity index (χ0) is 14.0. The summed E-state index contributed by atoms with van der Waals surface area (Å²) in [6.45, 7) is 2.35. The van der Waals surface area contributed by atoms with Crippen molar-refractivity contribution < 1.29 is 28.6 Å². The van der Waals surface area contributed by atoms with E-state index in [0.29, 0.717) is 0 Å². The van der Waals surface area contributed by atoms with Crippen LogP contribution in [-0.4, -0.2) is 18.2 Å². The van der Waals surface area contributed by atoms with E-state index in [0.717, 1.165) is 6.92 Å². The minimum Gasteiger partial charge on any atom is -0.352 e. The Labute approximate surface area is 101 Å². The number of carbonyl (C=O) groups is 2. The zero-order valence-electron chi connectivity index (χ0n) is 9.54. The summed E-state index contributed by atoms with van der Waals surface area (Å²) in [5, 5.41) is 2.08. The number of hydrogen-bond acceptors (Lipinski definition) is 2. The molecule has 0 aliphatic rings. The summed E-state index contributed by atoms with van der Waals surface area (Å²) in [7, 11) is 0. The van der Waals surface area contributed by atoms with Gasteiger partial charge in [0.1, 0.15) is 0 Å². The molecule has 1 rings (SSSR count). The molecule has 3 nitrogen and oxygen atoms in total. The van der Waals surface area contributed by atoms with E-state index < -0.39 is 46.1 Å². The number of carbonyl (C=O) groups excluding carboxylic acids is 2. The van der Waals surface area contributed by atoms with Gasteiger partial charge in [0.25, 0.3) is 5.91 Å². The van der Waals surface area contributed by atoms with E-state index in [2.05, 4.69) is 5.32 Å². The Morgan fingerprint density at radius 1 is 1.00 bits per heavy atom. The summed E-state index contributed by atoms with van der Waals surface area (Å²) in [4.78, 5) is 22.6. The molecule has 18 heavy (non-hydrogen) atoms. The van der Waals surface area contributed by atoms with Crippen molar-refractivity contribution in [2.45, 2.75) is 13.8 Å². The molecule has 1 N–H and O–H groups in total. The Morgan fingerprint density at radius 3 is 1.83 bits per heavy atom. The van der Waals surface area contributed by atoms with E-state index in [-0.39, 0.29) is 7.97 Å². The van der Waals surface area contributed by atoms with Gasteiger partial charge < -0.3 is 5.32 Å². The first kappa shape index (κ1) is 14.1. The largest absolute Gasteiger partial charge is 0.352 e. The third kappa shape index (κ3) is 2.20. The molecule has 1 amide bonds. The Hall–Kier alpha value is -1.92. The molecule has 1 aromatic carbocycles. The van der Waals surface area contributed by atoms with Crippen molar-refractivity contribution in [1.29, 1.82) is 0 Å². The Bertz CT molecular complexity index is 534. The molecular formula is C11H11F4NO2. The fraction of sp³-hybridized carbons (Fsp3) is 0.273. The van der Waals surface area contributed by atoms with Gasteiger partial charge in [0.2, 0.25) is 0 Å². The molecule has 7 heteroatoms. The topological polar surface area (TPSA) is 46.2 Å². The number of hydrogen-bond donors (Lipinski definition) is 1. The van der Waals surface area contributed by atoms with Gasteiger partial charge in [-0.3, -0.25) is 9.59 Å². The number of nitrogens with one attached hydrogen (secondary N) is 1. The Balaban J connectivity index is 0.00000324. The molecule has 0 aromatic heterocycles. The minimum absolute atomic E-state index is 0. The third-order valence-electron chi connectivity index (χ3n) is 2.18. The van der Waals surface area contributed by atoms with Gasteiger partial charge in [-0.05, 0) is 13.8 Å². The molecule has 0 aliphatic heterocycles. The Morgan fingerprint density at radius 2 is 1.44 bits per heavy atom. The lowest BCUT2D eigenvalue weighted by molar-refractivity contribution is 0.0931. The van der Waals surface area contributed by atoms with Gasteiger partial charge in [-0.1, -0.05) is 0 Å². The maximum Gasteiger partial charge on any atom is 0.255 e. The van der Waals surface area contributed by atoms with E-state index in [1.54, 1.807) is 0 Å². The number of amides is 1. The highest BCUT2D eigenvalue weighted by molar-refractivity contribution is 6.07. The van der Waals surface area contributed by atoms with E-state index in [9.17, 15) is 27.2 Å². The van der Waals surface area contributed by atoms with Crippen LogP contribution in [0.2, 0.25) is 0 Å². The lowest BCUT2D eigenvalue weighted by Crippen LogP contribution is -2.27. The maximum atomic E-state index is 13.4. The van der Waals surface area contributed by atoms with Crippen molar-refractivity contribution in [3.63, 3.8) is 0 Å². The summed E-state index contributed by atoms with van der Waals surface area (Å²) < 4.78 is 52.8. The standard InChI is InChI=1S/C11H9F4NO2.H2/c1-3-16-11(18)6-5(4(2)17)7(12)9(14)10(15)8(6)13;/h3H2,1-2H3,(H,16,18);1H. The first-order valence-electron chi connectivity index (χ1n) is 4.97. The second-order valence-electron chi connectivity index (χ2n) is 3.42.